The van der Waals surface area contributed by atoms with Crippen molar-refractivity contribution in [2.24, 2.45) is 0 Å². The molecule has 1 saturated heterocycles. The molecule has 2 aliphatic rings. The zero-order valence-electron chi connectivity index (χ0n) is 16.8. The van der Waals surface area contributed by atoms with Gasteiger partial charge in [0.2, 0.25) is 0 Å². The van der Waals surface area contributed by atoms with Crippen LogP contribution in [0, 0.1) is 0 Å². The first kappa shape index (κ1) is 19.6. The Hall–Kier alpha value is -2.67. The molecule has 29 heavy (non-hydrogen) atoms. The summed E-state index contributed by atoms with van der Waals surface area (Å²) in [6, 6.07) is 12.0. The van der Waals surface area contributed by atoms with Gasteiger partial charge in [-0.05, 0) is 50.4 Å². The molecule has 1 amide bonds. The number of likely N-dealkylation sites (tertiary alicyclic amines) is 1. The summed E-state index contributed by atoms with van der Waals surface area (Å²) in [6.07, 6.45) is 3.87. The summed E-state index contributed by atoms with van der Waals surface area (Å²) in [4.78, 5) is 28.3. The lowest BCUT2D eigenvalue weighted by Crippen LogP contribution is -2.48. The first-order valence-corrected chi connectivity index (χ1v) is 10.5. The minimum atomic E-state index is -0.801. The number of rotatable bonds is 7. The molecule has 0 atom stereocenters. The maximum atomic E-state index is 13.3. The van der Waals surface area contributed by atoms with Gasteiger partial charge in [0.05, 0.1) is 17.9 Å². The number of amides is 1. The monoisotopic (exact) mass is 396 g/mol. The van der Waals surface area contributed by atoms with Crippen molar-refractivity contribution in [2.75, 3.05) is 26.2 Å². The molecule has 0 unspecified atom stereocenters. The van der Waals surface area contributed by atoms with E-state index in [1.165, 1.54) is 0 Å². The Morgan fingerprint density at radius 1 is 1.14 bits per heavy atom. The van der Waals surface area contributed by atoms with Crippen molar-refractivity contribution in [1.29, 1.82) is 0 Å². The van der Waals surface area contributed by atoms with E-state index in [4.69, 9.17) is 10.2 Å². The van der Waals surface area contributed by atoms with E-state index >= 15 is 0 Å². The fourth-order valence-electron chi connectivity index (χ4n) is 4.17. The highest BCUT2D eigenvalue weighted by Gasteiger charge is 2.32. The summed E-state index contributed by atoms with van der Waals surface area (Å²) in [5.74, 6) is -0.316. The minimum absolute atomic E-state index is 0.00739. The highest BCUT2D eigenvalue weighted by atomic mass is 16.4. The molecule has 1 aromatic carbocycles. The Kier molecular flexibility index (Phi) is 5.67. The third-order valence-electron chi connectivity index (χ3n) is 5.96. The van der Waals surface area contributed by atoms with Crippen LogP contribution in [0.5, 0.6) is 0 Å². The van der Waals surface area contributed by atoms with Crippen LogP contribution in [-0.2, 0) is 4.79 Å². The number of carboxylic acid groups (broad SMARTS) is 1. The number of hydrogen-bond acceptors (Lipinski definition) is 4. The van der Waals surface area contributed by atoms with Gasteiger partial charge in [0.15, 0.2) is 0 Å². The number of likely N-dealkylation sites (N-methyl/N-ethyl adjacent to an activating group) is 1. The molecule has 2 fully saturated rings. The second kappa shape index (κ2) is 8.37. The van der Waals surface area contributed by atoms with E-state index in [9.17, 15) is 9.59 Å². The molecular weight excluding hydrogens is 368 g/mol. The van der Waals surface area contributed by atoms with Crippen molar-refractivity contribution in [3.8, 4) is 5.69 Å². The van der Waals surface area contributed by atoms with Crippen molar-refractivity contribution in [2.45, 2.75) is 44.6 Å². The van der Waals surface area contributed by atoms with E-state index in [-0.39, 0.29) is 18.5 Å². The SMILES string of the molecule is CCN(CC(=O)O)C1CCN(C(=O)c2cc(C3CC3)nn2-c2ccccc2)CC1. The maximum absolute atomic E-state index is 13.3. The standard InChI is InChI=1S/C22H28N4O3/c1-2-24(15-21(27)28)17-10-12-25(13-11-17)22(29)20-14-19(16-8-9-16)23-26(20)18-6-4-3-5-7-18/h3-7,14,16-17H,2,8-13,15H2,1H3,(H,27,28). The summed E-state index contributed by atoms with van der Waals surface area (Å²) in [6.45, 7) is 4.02. The highest BCUT2D eigenvalue weighted by molar-refractivity contribution is 5.93. The Bertz CT molecular complexity index is 867. The first-order valence-electron chi connectivity index (χ1n) is 10.5. The summed E-state index contributed by atoms with van der Waals surface area (Å²) >= 11 is 0. The molecule has 1 aliphatic carbocycles. The molecular formula is C22H28N4O3. The second-order valence-corrected chi connectivity index (χ2v) is 7.96. The lowest BCUT2D eigenvalue weighted by atomic mass is 10.0. The lowest BCUT2D eigenvalue weighted by molar-refractivity contribution is -0.139. The van der Waals surface area contributed by atoms with Crippen LogP contribution >= 0.6 is 0 Å². The van der Waals surface area contributed by atoms with Gasteiger partial charge < -0.3 is 10.0 Å². The number of piperidine rings is 1. The number of hydrogen-bond donors (Lipinski definition) is 1. The summed E-state index contributed by atoms with van der Waals surface area (Å²) in [5, 5.41) is 13.9. The lowest BCUT2D eigenvalue weighted by Gasteiger charge is -2.37. The van der Waals surface area contributed by atoms with Crippen LogP contribution < -0.4 is 0 Å². The van der Waals surface area contributed by atoms with E-state index in [2.05, 4.69) is 0 Å². The first-order chi connectivity index (χ1) is 14.1. The largest absolute Gasteiger partial charge is 0.480 e. The van der Waals surface area contributed by atoms with Gasteiger partial charge in [-0.15, -0.1) is 0 Å². The molecule has 1 N–H and O–H groups in total. The van der Waals surface area contributed by atoms with E-state index in [0.29, 0.717) is 31.2 Å². The molecule has 4 rings (SSSR count). The number of benzene rings is 1. The molecule has 0 radical (unpaired) electrons. The fraction of sp³-hybridized carbons (Fsp3) is 0.500. The summed E-state index contributed by atoms with van der Waals surface area (Å²) in [7, 11) is 0. The van der Waals surface area contributed by atoms with E-state index < -0.39 is 5.97 Å². The smallest absolute Gasteiger partial charge is 0.317 e. The van der Waals surface area contributed by atoms with Crippen LogP contribution in [0.15, 0.2) is 36.4 Å². The van der Waals surface area contributed by atoms with Crippen LogP contribution in [-0.4, -0.2) is 68.8 Å². The minimum Gasteiger partial charge on any atom is -0.480 e. The van der Waals surface area contributed by atoms with Crippen molar-refractivity contribution >= 4 is 11.9 Å². The number of carbonyl (C=O) groups is 2. The van der Waals surface area contributed by atoms with Crippen LogP contribution in [0.1, 0.15) is 54.7 Å². The van der Waals surface area contributed by atoms with Crippen molar-refractivity contribution < 1.29 is 14.7 Å². The molecule has 1 aliphatic heterocycles. The summed E-state index contributed by atoms with van der Waals surface area (Å²) in [5.41, 5.74) is 2.52. The van der Waals surface area contributed by atoms with Gasteiger partial charge in [-0.2, -0.15) is 5.10 Å². The number of aromatic nitrogens is 2. The summed E-state index contributed by atoms with van der Waals surface area (Å²) < 4.78 is 1.78. The topological polar surface area (TPSA) is 78.7 Å². The van der Waals surface area contributed by atoms with E-state index in [1.807, 2.05) is 53.1 Å². The third-order valence-corrected chi connectivity index (χ3v) is 5.96. The Labute approximate surface area is 170 Å². The number of para-hydroxylation sites is 1. The van der Waals surface area contributed by atoms with Gasteiger partial charge >= 0.3 is 5.97 Å². The van der Waals surface area contributed by atoms with E-state index in [0.717, 1.165) is 37.1 Å². The molecule has 1 saturated carbocycles. The molecule has 7 nitrogen and oxygen atoms in total. The van der Waals surface area contributed by atoms with Crippen LogP contribution in [0.25, 0.3) is 5.69 Å². The van der Waals surface area contributed by atoms with Crippen LogP contribution in [0.3, 0.4) is 0 Å². The fourth-order valence-corrected chi connectivity index (χ4v) is 4.17. The van der Waals surface area contributed by atoms with Crippen molar-refractivity contribution in [3.05, 3.63) is 47.8 Å². The zero-order chi connectivity index (χ0) is 20.4. The number of carboxylic acids is 1. The Morgan fingerprint density at radius 2 is 1.83 bits per heavy atom. The predicted molar refractivity (Wildman–Crippen MR) is 109 cm³/mol. The van der Waals surface area contributed by atoms with Crippen molar-refractivity contribution in [1.82, 2.24) is 19.6 Å². The highest BCUT2D eigenvalue weighted by Crippen LogP contribution is 2.40. The van der Waals surface area contributed by atoms with Gasteiger partial charge in [0, 0.05) is 25.0 Å². The average molecular weight is 396 g/mol. The second-order valence-electron chi connectivity index (χ2n) is 7.96. The normalized spacial score (nSPS) is 17.7. The van der Waals surface area contributed by atoms with Gasteiger partial charge in [0.1, 0.15) is 5.69 Å². The molecule has 2 heterocycles. The van der Waals surface area contributed by atoms with Gasteiger partial charge in [0.25, 0.3) is 5.91 Å². The maximum Gasteiger partial charge on any atom is 0.317 e. The van der Waals surface area contributed by atoms with Crippen LogP contribution in [0.4, 0.5) is 0 Å². The van der Waals surface area contributed by atoms with Gasteiger partial charge in [-0.3, -0.25) is 14.5 Å². The van der Waals surface area contributed by atoms with Gasteiger partial charge in [-0.1, -0.05) is 25.1 Å². The predicted octanol–water partition coefficient (Wildman–Crippen LogP) is 2.76. The van der Waals surface area contributed by atoms with E-state index in [1.54, 1.807) is 4.68 Å². The van der Waals surface area contributed by atoms with Crippen molar-refractivity contribution in [3.63, 3.8) is 0 Å². The average Bonchev–Trinajstić information content (AvgIpc) is 3.50. The molecule has 0 bridgehead atoms. The molecule has 2 aromatic rings. The van der Waals surface area contributed by atoms with Crippen LogP contribution in [0.2, 0.25) is 0 Å². The molecule has 0 spiro atoms. The van der Waals surface area contributed by atoms with Gasteiger partial charge in [-0.25, -0.2) is 4.68 Å². The number of nitrogens with zero attached hydrogens (tertiary/aromatic N) is 4. The number of aliphatic carboxylic acids is 1. The molecule has 7 heteroatoms. The Balaban J connectivity index is 1.50. The molecule has 154 valence electrons. The third kappa shape index (κ3) is 4.34. The number of carbonyl (C=O) groups excluding carboxylic acids is 1. The molecule has 1 aromatic heterocycles. The quantitative estimate of drug-likeness (QED) is 0.779. The zero-order valence-corrected chi connectivity index (χ0v) is 16.8. The Morgan fingerprint density at radius 3 is 2.41 bits per heavy atom.